The second-order valence-electron chi connectivity index (χ2n) is 18.2. The smallest absolute Gasteiger partial charge is 0.245 e. The van der Waals surface area contributed by atoms with Crippen LogP contribution in [0.4, 0.5) is 5.13 Å². The Labute approximate surface area is 368 Å². The van der Waals surface area contributed by atoms with E-state index >= 15 is 0 Å². The van der Waals surface area contributed by atoms with E-state index in [1.54, 1.807) is 12.0 Å². The molecule has 62 heavy (non-hydrogen) atoms. The lowest BCUT2D eigenvalue weighted by atomic mass is 10.0. The summed E-state index contributed by atoms with van der Waals surface area (Å²) in [7, 11) is -2.39. The molecule has 8 rings (SSSR count). The van der Waals surface area contributed by atoms with Crippen molar-refractivity contribution in [2.75, 3.05) is 19.0 Å². The van der Waals surface area contributed by atoms with Gasteiger partial charge in [-0.05, 0) is 75.5 Å². The maximum Gasteiger partial charge on any atom is 0.245 e. The van der Waals surface area contributed by atoms with Gasteiger partial charge in [-0.1, -0.05) is 75.3 Å². The summed E-state index contributed by atoms with van der Waals surface area (Å²) in [4.78, 5) is 66.6. The van der Waals surface area contributed by atoms with Gasteiger partial charge < -0.3 is 35.2 Å². The van der Waals surface area contributed by atoms with Crippen molar-refractivity contribution in [3.05, 3.63) is 65.5 Å². The van der Waals surface area contributed by atoms with Crippen molar-refractivity contribution in [3.63, 3.8) is 0 Å². The van der Waals surface area contributed by atoms with Gasteiger partial charge >= 0.3 is 0 Å². The first kappa shape index (κ1) is 44.1. The van der Waals surface area contributed by atoms with E-state index in [9.17, 15) is 23.8 Å². The summed E-state index contributed by atoms with van der Waals surface area (Å²) in [6.45, 7) is 4.19. The number of benzene rings is 2. The minimum atomic E-state index is -3.99. The third-order valence-electron chi connectivity index (χ3n) is 13.2. The predicted octanol–water partition coefficient (Wildman–Crippen LogP) is 8.65. The Bertz CT molecular complexity index is 2280. The lowest BCUT2D eigenvalue weighted by Crippen LogP contribution is -2.55. The summed E-state index contributed by atoms with van der Waals surface area (Å²) in [5.41, 5.74) is 2.64. The van der Waals surface area contributed by atoms with Gasteiger partial charge in [-0.3, -0.25) is 18.9 Å². The number of pyridine rings is 1. The van der Waals surface area contributed by atoms with Crippen LogP contribution in [0.25, 0.3) is 22.3 Å². The highest BCUT2D eigenvalue weighted by Crippen LogP contribution is 2.71. The third-order valence-corrected chi connectivity index (χ3v) is 16.7. The van der Waals surface area contributed by atoms with E-state index in [2.05, 4.69) is 29.8 Å². The van der Waals surface area contributed by atoms with Crippen LogP contribution in [0.15, 0.2) is 60.0 Å². The molecule has 15 heteroatoms. The SMILES string of the molecule is COc1ccc2c(O[C@@H]3C[C@H]4C(=O)N[C@]5(P(=O)(O)Cc6ccccc6)C[C@@H]5CCCCCCC[C@H](NC(=O)CC5CCCC5)C(=O)N4C3)cc(-c3csc(NC(C)C)n3)nc2c1. The lowest BCUT2D eigenvalue weighted by molar-refractivity contribution is -0.142. The van der Waals surface area contributed by atoms with Gasteiger partial charge in [0, 0.05) is 41.8 Å². The predicted molar refractivity (Wildman–Crippen MR) is 242 cm³/mol. The Morgan fingerprint density at radius 3 is 2.48 bits per heavy atom. The molecule has 3 amide bonds. The van der Waals surface area contributed by atoms with Crippen LogP contribution in [0.3, 0.4) is 0 Å². The van der Waals surface area contributed by atoms with Crippen LogP contribution in [0, 0.1) is 11.8 Å². The van der Waals surface area contributed by atoms with Crippen molar-refractivity contribution in [1.82, 2.24) is 25.5 Å². The number of carbonyl (C=O) groups excluding carboxylic acids is 3. The van der Waals surface area contributed by atoms with Crippen LogP contribution in [0.5, 0.6) is 11.5 Å². The molecule has 2 aromatic heterocycles. The molecule has 4 fully saturated rings. The fourth-order valence-electron chi connectivity index (χ4n) is 9.84. The number of hydrogen-bond donors (Lipinski definition) is 4. The fraction of sp³-hybridized carbons (Fsp3) is 0.553. The molecule has 2 aliphatic carbocycles. The van der Waals surface area contributed by atoms with Crippen LogP contribution in [-0.2, 0) is 25.1 Å². The number of amides is 3. The Kier molecular flexibility index (Phi) is 13.6. The first-order chi connectivity index (χ1) is 29.9. The Morgan fingerprint density at radius 1 is 0.984 bits per heavy atom. The molecule has 2 aromatic carbocycles. The second kappa shape index (κ2) is 19.1. The van der Waals surface area contributed by atoms with Crippen molar-refractivity contribution in [3.8, 4) is 22.9 Å². The summed E-state index contributed by atoms with van der Waals surface area (Å²) < 4.78 is 27.0. The Hall–Kier alpha value is -4.52. The highest BCUT2D eigenvalue weighted by Gasteiger charge is 2.66. The number of carbonyl (C=O) groups is 3. The van der Waals surface area contributed by atoms with Crippen LogP contribution in [-0.4, -0.2) is 80.6 Å². The zero-order valence-electron chi connectivity index (χ0n) is 36.1. The fourth-order valence-corrected chi connectivity index (χ4v) is 13.2. The summed E-state index contributed by atoms with van der Waals surface area (Å²) in [5, 5.41) is 11.7. The Morgan fingerprint density at radius 2 is 1.73 bits per heavy atom. The number of hydrogen-bond acceptors (Lipinski definition) is 10. The van der Waals surface area contributed by atoms with Crippen LogP contribution >= 0.6 is 18.7 Å². The van der Waals surface area contributed by atoms with Crippen LogP contribution < -0.4 is 25.4 Å². The number of rotatable bonds is 12. The number of nitrogens with one attached hydrogen (secondary N) is 3. The molecule has 4 aliphatic rings. The molecule has 0 bridgehead atoms. The molecule has 4 heterocycles. The molecule has 6 atom stereocenters. The van der Waals surface area contributed by atoms with E-state index in [1.807, 2.05) is 60.0 Å². The number of nitrogens with zero attached hydrogens (tertiary/aromatic N) is 3. The van der Waals surface area contributed by atoms with Crippen molar-refractivity contribution >= 4 is 52.5 Å². The van der Waals surface area contributed by atoms with Gasteiger partial charge in [0.2, 0.25) is 25.1 Å². The molecule has 4 aromatic rings. The average molecular weight is 885 g/mol. The van der Waals surface area contributed by atoms with Gasteiger partial charge in [0.25, 0.3) is 0 Å². The van der Waals surface area contributed by atoms with E-state index in [-0.39, 0.29) is 42.9 Å². The highest BCUT2D eigenvalue weighted by atomic mass is 32.1. The zero-order valence-corrected chi connectivity index (χ0v) is 37.9. The summed E-state index contributed by atoms with van der Waals surface area (Å²) in [6, 6.07) is 15.0. The molecule has 2 saturated carbocycles. The topological polar surface area (TPSA) is 172 Å². The molecule has 13 nitrogen and oxygen atoms in total. The van der Waals surface area contributed by atoms with E-state index in [1.165, 1.54) is 11.3 Å². The van der Waals surface area contributed by atoms with Crippen LogP contribution in [0.1, 0.15) is 109 Å². The van der Waals surface area contributed by atoms with E-state index in [4.69, 9.17) is 19.4 Å². The van der Waals surface area contributed by atoms with Crippen molar-refractivity contribution in [2.45, 2.75) is 139 Å². The number of anilines is 1. The standard InChI is InChI=1S/C47H61N6O7PS/c1-30(2)48-46-51-40(29-62-46)39-25-42(36-21-20-34(59-3)23-38(36)49-39)60-35-24-41-44(55)52-47(61(57,58)28-32-16-8-7-9-17-32)26-33(47)18-10-5-4-6-11-19-37(45(56)53(41)27-35)50-43(54)22-31-14-12-13-15-31/h7-9,16-17,20-21,23,25,29-31,33,35,37,41H,4-6,10-15,18-19,22,24,26-28H2,1-3H3,(H,48,51)(H,50,54)(H,52,55)(H,57,58)/t33-,35+,37-,41-,47-/m0/s1. The molecule has 0 radical (unpaired) electrons. The van der Waals surface area contributed by atoms with Gasteiger partial charge in [-0.15, -0.1) is 11.3 Å². The largest absolute Gasteiger partial charge is 0.497 e. The lowest BCUT2D eigenvalue weighted by Gasteiger charge is -2.31. The zero-order chi connectivity index (χ0) is 43.4. The summed E-state index contributed by atoms with van der Waals surface area (Å²) in [5.74, 6) is 0.358. The maximum absolute atomic E-state index is 14.9. The molecule has 2 saturated heterocycles. The van der Waals surface area contributed by atoms with Gasteiger partial charge in [0.15, 0.2) is 5.13 Å². The molecule has 2 aliphatic heterocycles. The van der Waals surface area contributed by atoms with E-state index in [0.29, 0.717) is 53.6 Å². The van der Waals surface area contributed by atoms with Crippen molar-refractivity contribution in [2.24, 2.45) is 11.8 Å². The van der Waals surface area contributed by atoms with Crippen LogP contribution in [0.2, 0.25) is 0 Å². The number of ether oxygens (including phenoxy) is 2. The number of methoxy groups -OCH3 is 1. The maximum atomic E-state index is 14.9. The van der Waals surface area contributed by atoms with E-state index in [0.717, 1.165) is 80.3 Å². The summed E-state index contributed by atoms with van der Waals surface area (Å²) in [6.07, 6.45) is 10.1. The first-order valence-electron chi connectivity index (χ1n) is 22.6. The number of fused-ring (bicyclic) bond motifs is 3. The second-order valence-corrected chi connectivity index (χ2v) is 21.6. The van der Waals surface area contributed by atoms with Crippen molar-refractivity contribution in [1.29, 1.82) is 0 Å². The van der Waals surface area contributed by atoms with Gasteiger partial charge in [0.05, 0.1) is 31.0 Å². The molecule has 1 unspecified atom stereocenters. The highest BCUT2D eigenvalue weighted by molar-refractivity contribution is 7.59. The van der Waals surface area contributed by atoms with Gasteiger partial charge in [-0.2, -0.15) is 0 Å². The number of aromatic nitrogens is 2. The van der Waals surface area contributed by atoms with E-state index < -0.39 is 36.7 Å². The average Bonchev–Trinajstić information content (AvgIpc) is 3.66. The summed E-state index contributed by atoms with van der Waals surface area (Å²) >= 11 is 1.49. The molecular weight excluding hydrogens is 824 g/mol. The minimum Gasteiger partial charge on any atom is -0.497 e. The minimum absolute atomic E-state index is 0.0605. The molecular formula is C47H61N6O7PS. The first-order valence-corrected chi connectivity index (χ1v) is 25.3. The Balaban J connectivity index is 1.12. The van der Waals surface area contributed by atoms with Gasteiger partial charge in [0.1, 0.15) is 40.7 Å². The molecule has 332 valence electrons. The van der Waals surface area contributed by atoms with Gasteiger partial charge in [-0.25, -0.2) is 9.97 Å². The van der Waals surface area contributed by atoms with Crippen molar-refractivity contribution < 1.29 is 33.3 Å². The monoisotopic (exact) mass is 884 g/mol. The molecule has 4 N–H and O–H groups in total. The quantitative estimate of drug-likeness (QED) is 0.101. The normalized spacial score (nSPS) is 25.9. The molecule has 0 spiro atoms. The third kappa shape index (κ3) is 9.98. The number of thiazole rings is 1.